The number of rotatable bonds is 1. The zero-order valence-electron chi connectivity index (χ0n) is 8.11. The Kier molecular flexibility index (Phi) is 2.73. The average Bonchev–Trinajstić information content (AvgIpc) is 2.42. The first-order valence-corrected chi connectivity index (χ1v) is 5.37. The molecule has 0 aromatic heterocycles. The van der Waals surface area contributed by atoms with Crippen LogP contribution in [0.2, 0.25) is 0 Å². The maximum Gasteiger partial charge on any atom is 0.390 e. The van der Waals surface area contributed by atoms with E-state index in [-0.39, 0.29) is 6.04 Å². The van der Waals surface area contributed by atoms with Gasteiger partial charge < -0.3 is 5.32 Å². The van der Waals surface area contributed by atoms with Gasteiger partial charge in [0.15, 0.2) is 0 Å². The molecule has 0 amide bonds. The maximum atomic E-state index is 12.1. The van der Waals surface area contributed by atoms with Gasteiger partial charge in [-0.05, 0) is 25.2 Å². The number of nitrogens with one attached hydrogen (secondary N) is 1. The molecule has 3 atom stereocenters. The molecular formula is C10H16F3N. The fourth-order valence-electron chi connectivity index (χ4n) is 2.87. The summed E-state index contributed by atoms with van der Waals surface area (Å²) in [6.45, 7) is 0. The van der Waals surface area contributed by atoms with Crippen LogP contribution in [0, 0.1) is 5.92 Å². The Morgan fingerprint density at radius 2 is 1.86 bits per heavy atom. The van der Waals surface area contributed by atoms with Crippen LogP contribution in [0.3, 0.4) is 0 Å². The Labute approximate surface area is 82.1 Å². The lowest BCUT2D eigenvalue weighted by atomic mass is 9.85. The molecule has 1 saturated carbocycles. The number of fused-ring (bicyclic) bond motifs is 1. The van der Waals surface area contributed by atoms with Crippen LogP contribution in [0.15, 0.2) is 0 Å². The van der Waals surface area contributed by atoms with E-state index in [1.165, 1.54) is 12.8 Å². The lowest BCUT2D eigenvalue weighted by Crippen LogP contribution is -2.35. The molecule has 2 aliphatic rings. The second-order valence-electron chi connectivity index (χ2n) is 4.57. The summed E-state index contributed by atoms with van der Waals surface area (Å²) in [4.78, 5) is 0. The first-order chi connectivity index (χ1) is 6.54. The minimum Gasteiger partial charge on any atom is -0.311 e. The topological polar surface area (TPSA) is 12.0 Å². The molecule has 82 valence electrons. The largest absolute Gasteiger partial charge is 0.390 e. The second kappa shape index (κ2) is 3.72. The molecule has 4 heteroatoms. The number of hydrogen-bond donors (Lipinski definition) is 1. The fraction of sp³-hybridized carbons (Fsp3) is 1.00. The van der Waals surface area contributed by atoms with Crippen molar-refractivity contribution in [1.29, 1.82) is 0 Å². The minimum atomic E-state index is -4.01. The van der Waals surface area contributed by atoms with E-state index in [1.807, 2.05) is 0 Å². The Morgan fingerprint density at radius 1 is 1.14 bits per heavy atom. The molecule has 1 aliphatic carbocycles. The van der Waals surface area contributed by atoms with Crippen molar-refractivity contribution in [2.24, 2.45) is 5.92 Å². The van der Waals surface area contributed by atoms with Gasteiger partial charge >= 0.3 is 6.18 Å². The number of alkyl halides is 3. The van der Waals surface area contributed by atoms with Gasteiger partial charge in [-0.2, -0.15) is 13.2 Å². The highest BCUT2D eigenvalue weighted by molar-refractivity contribution is 4.93. The first-order valence-electron chi connectivity index (χ1n) is 5.37. The molecule has 0 bridgehead atoms. The minimum absolute atomic E-state index is 0.317. The highest BCUT2D eigenvalue weighted by Crippen LogP contribution is 2.36. The van der Waals surface area contributed by atoms with Gasteiger partial charge in [0, 0.05) is 12.1 Å². The molecule has 1 nitrogen and oxygen atoms in total. The molecule has 0 aromatic carbocycles. The standard InChI is InChI=1S/C10H16F3N/c11-10(12,13)6-8-5-7-3-1-2-4-9(7)14-8/h7-9,14H,1-6H2/t7-,8-,9+/m0/s1. The molecule has 1 heterocycles. The summed E-state index contributed by atoms with van der Waals surface area (Å²) in [5, 5.41) is 3.13. The van der Waals surface area contributed by atoms with Crippen molar-refractivity contribution >= 4 is 0 Å². The Hall–Kier alpha value is -0.250. The van der Waals surface area contributed by atoms with Crippen molar-refractivity contribution in [2.75, 3.05) is 0 Å². The monoisotopic (exact) mass is 207 g/mol. The van der Waals surface area contributed by atoms with Crippen LogP contribution in [-0.2, 0) is 0 Å². The summed E-state index contributed by atoms with van der Waals surface area (Å²) in [5.74, 6) is 0.510. The summed E-state index contributed by atoms with van der Waals surface area (Å²) < 4.78 is 36.4. The van der Waals surface area contributed by atoms with Crippen LogP contribution >= 0.6 is 0 Å². The predicted octanol–water partition coefficient (Wildman–Crippen LogP) is 2.86. The third-order valence-electron chi connectivity index (χ3n) is 3.42. The third-order valence-corrected chi connectivity index (χ3v) is 3.42. The summed E-state index contributed by atoms with van der Waals surface area (Å²) in [5.41, 5.74) is 0. The van der Waals surface area contributed by atoms with Crippen molar-refractivity contribution in [1.82, 2.24) is 5.32 Å². The van der Waals surface area contributed by atoms with Crippen molar-refractivity contribution in [2.45, 2.75) is 56.8 Å². The van der Waals surface area contributed by atoms with Crippen molar-refractivity contribution in [3.8, 4) is 0 Å². The smallest absolute Gasteiger partial charge is 0.311 e. The third kappa shape index (κ3) is 2.41. The van der Waals surface area contributed by atoms with Gasteiger partial charge in [0.05, 0.1) is 6.42 Å². The molecule has 1 saturated heterocycles. The van der Waals surface area contributed by atoms with Gasteiger partial charge in [-0.15, -0.1) is 0 Å². The van der Waals surface area contributed by atoms with E-state index in [0.29, 0.717) is 12.0 Å². The molecule has 2 fully saturated rings. The average molecular weight is 207 g/mol. The van der Waals surface area contributed by atoms with Gasteiger partial charge in [0.2, 0.25) is 0 Å². The lowest BCUT2D eigenvalue weighted by molar-refractivity contribution is -0.139. The van der Waals surface area contributed by atoms with Gasteiger partial charge in [-0.1, -0.05) is 12.8 Å². The van der Waals surface area contributed by atoms with Crippen LogP contribution in [-0.4, -0.2) is 18.3 Å². The summed E-state index contributed by atoms with van der Waals surface area (Å²) in [6, 6.07) is 0.0548. The first kappa shape index (κ1) is 10.3. The van der Waals surface area contributed by atoms with Crippen molar-refractivity contribution < 1.29 is 13.2 Å². The molecule has 0 spiro atoms. The molecule has 14 heavy (non-hydrogen) atoms. The van der Waals surface area contributed by atoms with E-state index >= 15 is 0 Å². The van der Waals surface area contributed by atoms with Crippen LogP contribution in [0.4, 0.5) is 13.2 Å². The van der Waals surface area contributed by atoms with Crippen LogP contribution < -0.4 is 5.32 Å². The maximum absolute atomic E-state index is 12.1. The van der Waals surface area contributed by atoms with Crippen molar-refractivity contribution in [3.05, 3.63) is 0 Å². The SMILES string of the molecule is FC(F)(F)C[C@@H]1C[C@@H]2CCCC[C@H]2N1. The van der Waals surface area contributed by atoms with Gasteiger partial charge in [-0.25, -0.2) is 0 Å². The summed E-state index contributed by atoms with van der Waals surface area (Å²) in [7, 11) is 0. The molecule has 1 N–H and O–H groups in total. The van der Waals surface area contributed by atoms with Gasteiger partial charge in [0.25, 0.3) is 0 Å². The number of hydrogen-bond acceptors (Lipinski definition) is 1. The summed E-state index contributed by atoms with van der Waals surface area (Å²) in [6.07, 6.45) is 0.620. The van der Waals surface area contributed by atoms with E-state index < -0.39 is 12.6 Å². The molecule has 2 rings (SSSR count). The molecule has 0 unspecified atom stereocenters. The second-order valence-corrected chi connectivity index (χ2v) is 4.57. The van der Waals surface area contributed by atoms with Crippen LogP contribution in [0.5, 0.6) is 0 Å². The van der Waals surface area contributed by atoms with E-state index in [4.69, 9.17) is 0 Å². The number of halogens is 3. The highest BCUT2D eigenvalue weighted by Gasteiger charge is 2.40. The van der Waals surface area contributed by atoms with E-state index in [0.717, 1.165) is 19.3 Å². The molecule has 0 radical (unpaired) electrons. The Bertz CT molecular complexity index is 188. The Balaban J connectivity index is 1.87. The normalized spacial score (nSPS) is 38.4. The van der Waals surface area contributed by atoms with Gasteiger partial charge in [0.1, 0.15) is 0 Å². The van der Waals surface area contributed by atoms with Crippen LogP contribution in [0.1, 0.15) is 38.5 Å². The predicted molar refractivity (Wildman–Crippen MR) is 48.0 cm³/mol. The highest BCUT2D eigenvalue weighted by atomic mass is 19.4. The molecular weight excluding hydrogens is 191 g/mol. The van der Waals surface area contributed by atoms with Gasteiger partial charge in [-0.3, -0.25) is 0 Å². The zero-order valence-corrected chi connectivity index (χ0v) is 8.11. The molecule has 1 aliphatic heterocycles. The van der Waals surface area contributed by atoms with Crippen molar-refractivity contribution in [3.63, 3.8) is 0 Å². The Morgan fingerprint density at radius 3 is 2.50 bits per heavy atom. The lowest BCUT2D eigenvalue weighted by Gasteiger charge is -2.24. The summed E-state index contributed by atoms with van der Waals surface area (Å²) >= 11 is 0. The molecule has 0 aromatic rings. The van der Waals surface area contributed by atoms with E-state index in [2.05, 4.69) is 5.32 Å². The fourth-order valence-corrected chi connectivity index (χ4v) is 2.87. The van der Waals surface area contributed by atoms with E-state index in [9.17, 15) is 13.2 Å². The van der Waals surface area contributed by atoms with Crippen LogP contribution in [0.25, 0.3) is 0 Å². The zero-order chi connectivity index (χ0) is 10.2. The quantitative estimate of drug-likeness (QED) is 0.697. The van der Waals surface area contributed by atoms with E-state index in [1.54, 1.807) is 0 Å².